The van der Waals surface area contributed by atoms with Crippen molar-refractivity contribution in [3.8, 4) is 11.5 Å². The van der Waals surface area contributed by atoms with Crippen LogP contribution in [0.15, 0.2) is 54.6 Å². The van der Waals surface area contributed by atoms with Gasteiger partial charge in [0.2, 0.25) is 5.91 Å². The van der Waals surface area contributed by atoms with Crippen LogP contribution in [-0.2, 0) is 4.79 Å². The van der Waals surface area contributed by atoms with Gasteiger partial charge in [0.1, 0.15) is 11.5 Å². The van der Waals surface area contributed by atoms with Crippen molar-refractivity contribution in [3.63, 3.8) is 0 Å². The molecule has 0 aromatic heterocycles. The van der Waals surface area contributed by atoms with Gasteiger partial charge in [-0.25, -0.2) is 0 Å². The summed E-state index contributed by atoms with van der Waals surface area (Å²) < 4.78 is 45.6. The Bertz CT molecular complexity index is 858. The number of alkyl halides is 3. The molecule has 0 saturated carbocycles. The summed E-state index contributed by atoms with van der Waals surface area (Å²) in [5.74, 6) is 0.358. The lowest BCUT2D eigenvalue weighted by Gasteiger charge is -2.35. The molecule has 1 aliphatic heterocycles. The van der Waals surface area contributed by atoms with E-state index in [1.807, 2.05) is 24.3 Å². The number of rotatable bonds is 5. The largest absolute Gasteiger partial charge is 0.573 e. The van der Waals surface area contributed by atoms with E-state index in [0.29, 0.717) is 31.7 Å². The van der Waals surface area contributed by atoms with Crippen molar-refractivity contribution in [2.45, 2.75) is 6.36 Å². The van der Waals surface area contributed by atoms with E-state index < -0.39 is 6.36 Å². The third-order valence-electron chi connectivity index (χ3n) is 4.54. The maximum atomic E-state index is 12.4. The second kappa shape index (κ2) is 8.89. The number of carbonyl (C=O) groups excluding carboxylic acids is 1. The molecule has 1 saturated heterocycles. The lowest BCUT2D eigenvalue weighted by Crippen LogP contribution is -2.48. The fraction of sp³-hybridized carbons (Fsp3) is 0.286. The Hall–Kier alpha value is -3.16. The third kappa shape index (κ3) is 5.91. The Morgan fingerprint density at radius 3 is 2.31 bits per heavy atom. The molecule has 5 nitrogen and oxygen atoms in total. The summed E-state index contributed by atoms with van der Waals surface area (Å²) in [7, 11) is 1.62. The van der Waals surface area contributed by atoms with Crippen LogP contribution in [0.5, 0.6) is 11.5 Å². The number of anilines is 1. The van der Waals surface area contributed by atoms with Crippen molar-refractivity contribution in [1.29, 1.82) is 0 Å². The molecule has 0 spiro atoms. The fourth-order valence-electron chi connectivity index (χ4n) is 3.05. The summed E-state index contributed by atoms with van der Waals surface area (Å²) in [6.07, 6.45) is -1.71. The zero-order valence-electron chi connectivity index (χ0n) is 15.9. The number of piperazine rings is 1. The molecule has 0 N–H and O–H groups in total. The molecule has 1 aliphatic rings. The van der Waals surface area contributed by atoms with E-state index in [-0.39, 0.29) is 11.7 Å². The molecule has 154 valence electrons. The van der Waals surface area contributed by atoms with Gasteiger partial charge in [0.25, 0.3) is 0 Å². The van der Waals surface area contributed by atoms with Crippen LogP contribution in [0.2, 0.25) is 0 Å². The fourth-order valence-corrected chi connectivity index (χ4v) is 3.05. The van der Waals surface area contributed by atoms with Crippen LogP contribution in [0.3, 0.4) is 0 Å². The summed E-state index contributed by atoms with van der Waals surface area (Å²) in [6, 6.07) is 13.1. The number of hydrogen-bond donors (Lipinski definition) is 0. The topological polar surface area (TPSA) is 42.0 Å². The molecule has 1 fully saturated rings. The highest BCUT2D eigenvalue weighted by atomic mass is 19.4. The van der Waals surface area contributed by atoms with Crippen LogP contribution in [0.4, 0.5) is 18.9 Å². The number of benzene rings is 2. The van der Waals surface area contributed by atoms with E-state index in [4.69, 9.17) is 4.74 Å². The predicted molar refractivity (Wildman–Crippen MR) is 104 cm³/mol. The van der Waals surface area contributed by atoms with Gasteiger partial charge in [0.15, 0.2) is 0 Å². The minimum Gasteiger partial charge on any atom is -0.497 e. The number of hydrogen-bond acceptors (Lipinski definition) is 4. The van der Waals surface area contributed by atoms with Gasteiger partial charge in [0, 0.05) is 44.0 Å². The van der Waals surface area contributed by atoms with Crippen molar-refractivity contribution in [2.75, 3.05) is 38.2 Å². The number of carbonyl (C=O) groups is 1. The Morgan fingerprint density at radius 2 is 1.69 bits per heavy atom. The van der Waals surface area contributed by atoms with Crippen LogP contribution in [0, 0.1) is 0 Å². The van der Waals surface area contributed by atoms with E-state index in [1.54, 1.807) is 18.1 Å². The maximum Gasteiger partial charge on any atom is 0.573 e. The molecular formula is C21H21F3N2O3. The molecular weight excluding hydrogens is 385 g/mol. The normalized spacial score (nSPS) is 14.9. The number of nitrogens with zero attached hydrogens (tertiary/aromatic N) is 2. The highest BCUT2D eigenvalue weighted by Gasteiger charge is 2.30. The molecule has 1 amide bonds. The Labute approximate surface area is 166 Å². The van der Waals surface area contributed by atoms with Crippen LogP contribution < -0.4 is 14.4 Å². The van der Waals surface area contributed by atoms with Gasteiger partial charge >= 0.3 is 6.36 Å². The van der Waals surface area contributed by atoms with E-state index >= 15 is 0 Å². The lowest BCUT2D eigenvalue weighted by atomic mass is 10.2. The van der Waals surface area contributed by atoms with Gasteiger partial charge in [-0.2, -0.15) is 0 Å². The van der Waals surface area contributed by atoms with Crippen molar-refractivity contribution >= 4 is 17.7 Å². The van der Waals surface area contributed by atoms with E-state index in [2.05, 4.69) is 9.64 Å². The Morgan fingerprint density at radius 1 is 1.00 bits per heavy atom. The Balaban J connectivity index is 1.53. The van der Waals surface area contributed by atoms with E-state index in [9.17, 15) is 18.0 Å². The molecule has 1 heterocycles. The molecule has 0 atom stereocenters. The molecule has 2 aromatic rings. The monoisotopic (exact) mass is 406 g/mol. The van der Waals surface area contributed by atoms with Crippen molar-refractivity contribution in [3.05, 3.63) is 60.2 Å². The highest BCUT2D eigenvalue weighted by molar-refractivity contribution is 5.92. The van der Waals surface area contributed by atoms with Gasteiger partial charge in [-0.15, -0.1) is 13.2 Å². The second-order valence-corrected chi connectivity index (χ2v) is 6.46. The first-order valence-corrected chi connectivity index (χ1v) is 9.06. The smallest absolute Gasteiger partial charge is 0.497 e. The molecule has 0 radical (unpaired) electrons. The summed E-state index contributed by atoms with van der Waals surface area (Å²) in [5.41, 5.74) is 1.66. The number of amides is 1. The molecule has 0 bridgehead atoms. The van der Waals surface area contributed by atoms with E-state index in [1.165, 1.54) is 30.3 Å². The molecule has 8 heteroatoms. The zero-order chi connectivity index (χ0) is 20.9. The number of halogens is 3. The summed E-state index contributed by atoms with van der Waals surface area (Å²) >= 11 is 0. The third-order valence-corrected chi connectivity index (χ3v) is 4.54. The summed E-state index contributed by atoms with van der Waals surface area (Å²) in [6.45, 7) is 2.57. The first-order valence-electron chi connectivity index (χ1n) is 9.06. The van der Waals surface area contributed by atoms with Gasteiger partial charge in [-0.3, -0.25) is 4.79 Å². The Kier molecular flexibility index (Phi) is 6.31. The predicted octanol–water partition coefficient (Wildman–Crippen LogP) is 3.96. The first-order chi connectivity index (χ1) is 13.8. The summed E-state index contributed by atoms with van der Waals surface area (Å²) in [4.78, 5) is 16.3. The molecule has 0 aliphatic carbocycles. The van der Waals surface area contributed by atoms with Gasteiger partial charge in [0.05, 0.1) is 7.11 Å². The van der Waals surface area contributed by atoms with Gasteiger partial charge < -0.3 is 19.3 Å². The molecule has 2 aromatic carbocycles. The van der Waals surface area contributed by atoms with E-state index in [0.717, 1.165) is 11.4 Å². The van der Waals surface area contributed by atoms with Gasteiger partial charge in [-0.05, 0) is 35.9 Å². The number of methoxy groups -OCH3 is 1. The van der Waals surface area contributed by atoms with Gasteiger partial charge in [-0.1, -0.05) is 18.2 Å². The highest BCUT2D eigenvalue weighted by Crippen LogP contribution is 2.24. The minimum absolute atomic E-state index is 0.133. The molecule has 3 rings (SSSR count). The van der Waals surface area contributed by atoms with Crippen LogP contribution in [0.1, 0.15) is 5.56 Å². The van der Waals surface area contributed by atoms with Crippen molar-refractivity contribution in [2.24, 2.45) is 0 Å². The quantitative estimate of drug-likeness (QED) is 0.705. The lowest BCUT2D eigenvalue weighted by molar-refractivity contribution is -0.274. The van der Waals surface area contributed by atoms with Crippen LogP contribution in [-0.4, -0.2) is 50.5 Å². The zero-order valence-corrected chi connectivity index (χ0v) is 15.9. The average molecular weight is 406 g/mol. The number of ether oxygens (including phenoxy) is 2. The average Bonchev–Trinajstić information content (AvgIpc) is 2.72. The first kappa shape index (κ1) is 20.6. The van der Waals surface area contributed by atoms with Crippen LogP contribution in [0.25, 0.3) is 6.08 Å². The maximum absolute atomic E-state index is 12.4. The minimum atomic E-state index is -4.72. The van der Waals surface area contributed by atoms with Crippen molar-refractivity contribution < 1.29 is 27.4 Å². The standard InChI is InChI=1S/C21H21F3N2O3/c1-28-19-4-2-3-17(15-19)25-11-13-26(14-12-25)20(27)10-7-16-5-8-18(9-6-16)29-21(22,23)24/h2-10,15H,11-14H2,1H3/b10-7+. The molecule has 0 unspecified atom stereocenters. The summed E-state index contributed by atoms with van der Waals surface area (Å²) in [5, 5.41) is 0. The molecule has 29 heavy (non-hydrogen) atoms. The van der Waals surface area contributed by atoms with Crippen LogP contribution >= 0.6 is 0 Å². The SMILES string of the molecule is COc1cccc(N2CCN(C(=O)/C=C/c3ccc(OC(F)(F)F)cc3)CC2)c1. The van der Waals surface area contributed by atoms with Crippen molar-refractivity contribution in [1.82, 2.24) is 4.90 Å². The second-order valence-electron chi connectivity index (χ2n) is 6.46.